The van der Waals surface area contributed by atoms with Gasteiger partial charge in [0.25, 0.3) is 0 Å². The van der Waals surface area contributed by atoms with E-state index in [0.717, 1.165) is 17.0 Å². The van der Waals surface area contributed by atoms with Crippen molar-refractivity contribution in [1.82, 2.24) is 0 Å². The first kappa shape index (κ1) is 14.5. The number of nitrogens with zero attached hydrogens (tertiary/aromatic N) is 1. The van der Waals surface area contributed by atoms with Crippen LogP contribution in [0.15, 0.2) is 41.4 Å². The summed E-state index contributed by atoms with van der Waals surface area (Å²) in [4.78, 5) is 18.4. The van der Waals surface area contributed by atoms with Crippen molar-refractivity contribution in [3.8, 4) is 0 Å². The molecule has 0 bridgehead atoms. The summed E-state index contributed by atoms with van der Waals surface area (Å²) in [5, 5.41) is 0. The Bertz CT molecular complexity index is 599. The molecule has 1 heterocycles. The summed E-state index contributed by atoms with van der Waals surface area (Å²) >= 11 is 1.70. The average Bonchev–Trinajstić information content (AvgIpc) is 2.89. The van der Waals surface area contributed by atoms with Crippen molar-refractivity contribution in [2.45, 2.75) is 20.3 Å². The number of ether oxygens (including phenoxy) is 1. The number of benzene rings is 1. The van der Waals surface area contributed by atoms with Crippen molar-refractivity contribution in [2.24, 2.45) is 4.99 Å². The molecule has 1 aromatic heterocycles. The highest BCUT2D eigenvalue weighted by molar-refractivity contribution is 7.13. The number of hydrogen-bond acceptors (Lipinski definition) is 4. The van der Waals surface area contributed by atoms with E-state index >= 15 is 0 Å². The van der Waals surface area contributed by atoms with Crippen LogP contribution in [-0.2, 0) is 4.74 Å². The molecule has 1 aromatic carbocycles. The minimum atomic E-state index is -0.281. The third-order valence-electron chi connectivity index (χ3n) is 2.64. The fourth-order valence-electron chi connectivity index (χ4n) is 1.62. The Morgan fingerprint density at radius 3 is 2.60 bits per heavy atom. The largest absolute Gasteiger partial charge is 0.462 e. The molecule has 0 amide bonds. The Morgan fingerprint density at radius 2 is 2.00 bits per heavy atom. The quantitative estimate of drug-likeness (QED) is 0.605. The van der Waals surface area contributed by atoms with Gasteiger partial charge >= 0.3 is 5.97 Å². The van der Waals surface area contributed by atoms with E-state index in [2.05, 4.69) is 18.0 Å². The van der Waals surface area contributed by atoms with Crippen LogP contribution >= 0.6 is 11.3 Å². The minimum Gasteiger partial charge on any atom is -0.462 e. The van der Waals surface area contributed by atoms with E-state index in [-0.39, 0.29) is 5.97 Å². The van der Waals surface area contributed by atoms with Gasteiger partial charge in [0, 0.05) is 16.0 Å². The maximum Gasteiger partial charge on any atom is 0.338 e. The summed E-state index contributed by atoms with van der Waals surface area (Å²) in [7, 11) is 0. The summed E-state index contributed by atoms with van der Waals surface area (Å²) in [6.07, 6.45) is 2.66. The lowest BCUT2D eigenvalue weighted by Crippen LogP contribution is -2.05. The van der Waals surface area contributed by atoms with Gasteiger partial charge in [-0.05, 0) is 49.7 Å². The van der Waals surface area contributed by atoms with Crippen molar-refractivity contribution in [3.05, 3.63) is 51.7 Å². The lowest BCUT2D eigenvalue weighted by molar-refractivity contribution is 0.0505. The zero-order valence-electron chi connectivity index (χ0n) is 11.6. The van der Waals surface area contributed by atoms with Gasteiger partial charge in [0.2, 0.25) is 0 Å². The second-order valence-electron chi connectivity index (χ2n) is 4.39. The van der Waals surface area contributed by atoms with Crippen LogP contribution in [0, 0.1) is 6.92 Å². The summed E-state index contributed by atoms with van der Waals surface area (Å²) < 4.78 is 5.07. The van der Waals surface area contributed by atoms with Crippen LogP contribution in [0.1, 0.15) is 33.5 Å². The van der Waals surface area contributed by atoms with Gasteiger partial charge in [-0.15, -0.1) is 11.3 Å². The Balaban J connectivity index is 2.01. The number of rotatable bonds is 5. The highest BCUT2D eigenvalue weighted by Crippen LogP contribution is 2.17. The molecular weight excluding hydrogens is 270 g/mol. The Labute approximate surface area is 122 Å². The molecule has 0 saturated carbocycles. The van der Waals surface area contributed by atoms with E-state index in [1.54, 1.807) is 23.5 Å². The normalized spacial score (nSPS) is 10.9. The molecule has 0 fully saturated rings. The molecule has 0 atom stereocenters. The van der Waals surface area contributed by atoms with Crippen LogP contribution in [0.25, 0.3) is 0 Å². The monoisotopic (exact) mass is 287 g/mol. The molecule has 0 aliphatic heterocycles. The molecule has 0 spiro atoms. The van der Waals surface area contributed by atoms with Crippen molar-refractivity contribution in [1.29, 1.82) is 0 Å². The molecule has 0 radical (unpaired) electrons. The van der Waals surface area contributed by atoms with E-state index in [0.29, 0.717) is 12.2 Å². The molecule has 104 valence electrons. The number of aliphatic imine (C=N–C) groups is 1. The van der Waals surface area contributed by atoms with Gasteiger partial charge in [0.05, 0.1) is 17.9 Å². The molecule has 0 aliphatic carbocycles. The third-order valence-corrected chi connectivity index (χ3v) is 3.58. The summed E-state index contributed by atoms with van der Waals surface area (Å²) in [6, 6.07) is 11.2. The fraction of sp³-hybridized carbons (Fsp3) is 0.250. The Morgan fingerprint density at radius 1 is 1.25 bits per heavy atom. The molecule has 0 aliphatic rings. The Kier molecular flexibility index (Phi) is 5.07. The molecule has 20 heavy (non-hydrogen) atoms. The predicted octanol–water partition coefficient (Wildman–Crippen LogP) is 4.37. The summed E-state index contributed by atoms with van der Waals surface area (Å²) in [6.45, 7) is 4.49. The van der Waals surface area contributed by atoms with Crippen LogP contribution in [0.4, 0.5) is 5.69 Å². The van der Waals surface area contributed by atoms with Gasteiger partial charge in [-0.3, -0.25) is 4.99 Å². The highest BCUT2D eigenvalue weighted by Gasteiger charge is 2.05. The zero-order valence-corrected chi connectivity index (χ0v) is 12.4. The topological polar surface area (TPSA) is 38.7 Å². The highest BCUT2D eigenvalue weighted by atomic mass is 32.1. The predicted molar refractivity (Wildman–Crippen MR) is 83.3 cm³/mol. The number of carbonyl (C=O) groups is 1. The van der Waals surface area contributed by atoms with Gasteiger partial charge < -0.3 is 4.74 Å². The van der Waals surface area contributed by atoms with Gasteiger partial charge in [-0.25, -0.2) is 4.79 Å². The maximum absolute atomic E-state index is 11.6. The third kappa shape index (κ3) is 4.03. The van der Waals surface area contributed by atoms with E-state index in [4.69, 9.17) is 4.74 Å². The van der Waals surface area contributed by atoms with Gasteiger partial charge in [0.15, 0.2) is 0 Å². The number of thiophene rings is 1. The van der Waals surface area contributed by atoms with Crippen LogP contribution < -0.4 is 0 Å². The van der Waals surface area contributed by atoms with Crippen LogP contribution in [-0.4, -0.2) is 18.8 Å². The van der Waals surface area contributed by atoms with E-state index < -0.39 is 0 Å². The van der Waals surface area contributed by atoms with Crippen LogP contribution in [0.2, 0.25) is 0 Å². The van der Waals surface area contributed by atoms with Crippen molar-refractivity contribution < 1.29 is 9.53 Å². The van der Waals surface area contributed by atoms with Crippen molar-refractivity contribution in [2.75, 3.05) is 6.61 Å². The first-order chi connectivity index (χ1) is 9.69. The standard InChI is InChI=1S/C16H17NO2S/c1-3-10-19-16(18)13-5-7-14(8-6-13)17-11-15-9-4-12(2)20-15/h4-9,11H,3,10H2,1-2H3. The SMILES string of the molecule is CCCOC(=O)c1ccc(N=Cc2ccc(C)s2)cc1. The average molecular weight is 287 g/mol. The summed E-state index contributed by atoms with van der Waals surface area (Å²) in [5.74, 6) is -0.281. The molecule has 0 saturated heterocycles. The number of hydrogen-bond donors (Lipinski definition) is 0. The van der Waals surface area contributed by atoms with Crippen molar-refractivity contribution >= 4 is 29.2 Å². The molecule has 0 unspecified atom stereocenters. The molecule has 3 nitrogen and oxygen atoms in total. The fourth-order valence-corrected chi connectivity index (χ4v) is 2.37. The molecule has 4 heteroatoms. The van der Waals surface area contributed by atoms with Crippen LogP contribution in [0.3, 0.4) is 0 Å². The zero-order chi connectivity index (χ0) is 14.4. The number of esters is 1. The lowest BCUT2D eigenvalue weighted by Gasteiger charge is -2.02. The molecule has 2 rings (SSSR count). The first-order valence-electron chi connectivity index (χ1n) is 6.56. The Hall–Kier alpha value is -1.94. The van der Waals surface area contributed by atoms with Crippen molar-refractivity contribution in [3.63, 3.8) is 0 Å². The molecule has 0 N–H and O–H groups in total. The van der Waals surface area contributed by atoms with Gasteiger partial charge in [-0.2, -0.15) is 0 Å². The minimum absolute atomic E-state index is 0.281. The second-order valence-corrected chi connectivity index (χ2v) is 5.71. The van der Waals surface area contributed by atoms with Crippen LogP contribution in [0.5, 0.6) is 0 Å². The lowest BCUT2D eigenvalue weighted by atomic mass is 10.2. The summed E-state index contributed by atoms with van der Waals surface area (Å²) in [5.41, 5.74) is 1.38. The molecular formula is C16H17NO2S. The maximum atomic E-state index is 11.6. The second kappa shape index (κ2) is 7.01. The number of aryl methyl sites for hydroxylation is 1. The van der Waals surface area contributed by atoms with E-state index in [1.807, 2.05) is 31.3 Å². The first-order valence-corrected chi connectivity index (χ1v) is 7.38. The number of carbonyl (C=O) groups excluding carboxylic acids is 1. The van der Waals surface area contributed by atoms with Gasteiger partial charge in [0.1, 0.15) is 0 Å². The van der Waals surface area contributed by atoms with E-state index in [1.165, 1.54) is 4.88 Å². The molecule has 2 aromatic rings. The van der Waals surface area contributed by atoms with E-state index in [9.17, 15) is 4.79 Å². The van der Waals surface area contributed by atoms with Gasteiger partial charge in [-0.1, -0.05) is 6.92 Å². The smallest absolute Gasteiger partial charge is 0.338 e.